The van der Waals surface area contributed by atoms with Gasteiger partial charge in [-0.2, -0.15) is 4.39 Å². The smallest absolute Gasteiger partial charge is 0.404 e. The monoisotopic (exact) mass is 523 g/mol. The van der Waals surface area contributed by atoms with Gasteiger partial charge in [0, 0.05) is 19.6 Å². The minimum absolute atomic E-state index is 0.0102. The summed E-state index contributed by atoms with van der Waals surface area (Å²) in [5, 5.41) is 11.7. The topological polar surface area (TPSA) is 123 Å². The highest BCUT2D eigenvalue weighted by Crippen LogP contribution is 2.38. The Balaban J connectivity index is 1.43. The lowest BCUT2D eigenvalue weighted by Gasteiger charge is -2.55. The molecule has 10 nitrogen and oxygen atoms in total. The van der Waals surface area contributed by atoms with Crippen LogP contribution in [0.3, 0.4) is 0 Å². The number of nitrogens with one attached hydrogen (secondary N) is 3. The van der Waals surface area contributed by atoms with Crippen LogP contribution in [0.1, 0.15) is 58.3 Å². The van der Waals surface area contributed by atoms with Crippen molar-refractivity contribution in [3.63, 3.8) is 0 Å². The van der Waals surface area contributed by atoms with Crippen molar-refractivity contribution in [2.75, 3.05) is 49.3 Å². The number of halogens is 1. The van der Waals surface area contributed by atoms with E-state index < -0.39 is 17.8 Å². The molecule has 2 saturated heterocycles. The first-order valence-electron chi connectivity index (χ1n) is 13.0. The average molecular weight is 524 g/mol. The van der Waals surface area contributed by atoms with E-state index in [1.807, 2.05) is 11.2 Å². The Morgan fingerprint density at radius 2 is 1.89 bits per heavy atom. The SMILES string of the molecule is CCC1(N2CCCC2)CN(c2nc(SC)nc(NNC(=O)[C@@H](CNC(=O)O)CC3CCCC3)c2F)C1. The van der Waals surface area contributed by atoms with Crippen molar-refractivity contribution >= 4 is 35.4 Å². The number of hydrogen-bond acceptors (Lipinski definition) is 8. The molecule has 1 atom stereocenters. The summed E-state index contributed by atoms with van der Waals surface area (Å²) in [7, 11) is 0. The number of nitrogens with zero attached hydrogens (tertiary/aromatic N) is 4. The molecule has 0 spiro atoms. The first-order chi connectivity index (χ1) is 17.3. The molecule has 3 fully saturated rings. The molecule has 3 heterocycles. The number of rotatable bonds is 11. The van der Waals surface area contributed by atoms with Crippen LogP contribution in [0, 0.1) is 17.7 Å². The molecule has 12 heteroatoms. The third-order valence-electron chi connectivity index (χ3n) is 7.97. The Kier molecular flexibility index (Phi) is 8.76. The lowest BCUT2D eigenvalue weighted by Crippen LogP contribution is -2.70. The Labute approximate surface area is 216 Å². The third-order valence-corrected chi connectivity index (χ3v) is 8.52. The van der Waals surface area contributed by atoms with Crippen LogP contribution >= 0.6 is 11.8 Å². The molecule has 1 aromatic heterocycles. The van der Waals surface area contributed by atoms with Crippen LogP contribution in [-0.2, 0) is 4.79 Å². The highest BCUT2D eigenvalue weighted by atomic mass is 32.2. The van der Waals surface area contributed by atoms with Gasteiger partial charge in [0.2, 0.25) is 11.7 Å². The molecule has 4 N–H and O–H groups in total. The predicted molar refractivity (Wildman–Crippen MR) is 138 cm³/mol. The zero-order valence-corrected chi connectivity index (χ0v) is 22.0. The molecular formula is C24H38FN7O3S. The van der Waals surface area contributed by atoms with E-state index in [1.54, 1.807) is 0 Å². The van der Waals surface area contributed by atoms with Gasteiger partial charge in [-0.15, -0.1) is 0 Å². The summed E-state index contributed by atoms with van der Waals surface area (Å²) in [5.74, 6) is -0.994. The van der Waals surface area contributed by atoms with E-state index in [2.05, 4.69) is 38.0 Å². The van der Waals surface area contributed by atoms with Crippen molar-refractivity contribution in [1.82, 2.24) is 25.6 Å². The number of carbonyl (C=O) groups is 2. The molecule has 200 valence electrons. The maximum absolute atomic E-state index is 15.5. The van der Waals surface area contributed by atoms with E-state index in [1.165, 1.54) is 24.6 Å². The van der Waals surface area contributed by atoms with Crippen LogP contribution < -0.4 is 21.1 Å². The molecular weight excluding hydrogens is 485 g/mol. The standard InChI is InChI=1S/C24H38FN7O3S/c1-3-24(32-10-6-7-11-32)14-31(15-24)20-18(25)19(27-22(28-20)36-2)29-30-21(33)17(13-26-23(34)35)12-16-8-4-5-9-16/h16-17,26H,3-15H2,1-2H3,(H,30,33)(H,34,35)(H,27,28,29)/t17-/m1/s1. The van der Waals surface area contributed by atoms with Crippen LogP contribution in [-0.4, -0.2) is 76.5 Å². The second-order valence-electron chi connectivity index (χ2n) is 10.2. The third kappa shape index (κ3) is 5.96. The Hall–Kier alpha value is -2.34. The van der Waals surface area contributed by atoms with Crippen molar-refractivity contribution in [1.29, 1.82) is 0 Å². The number of amides is 2. The van der Waals surface area contributed by atoms with E-state index in [4.69, 9.17) is 5.11 Å². The highest BCUT2D eigenvalue weighted by molar-refractivity contribution is 7.98. The Bertz CT molecular complexity index is 935. The predicted octanol–water partition coefficient (Wildman–Crippen LogP) is 3.31. The lowest BCUT2D eigenvalue weighted by molar-refractivity contribution is -0.124. The van der Waals surface area contributed by atoms with Gasteiger partial charge in [-0.25, -0.2) is 14.8 Å². The summed E-state index contributed by atoms with van der Waals surface area (Å²) in [5.41, 5.74) is 5.29. The molecule has 4 rings (SSSR count). The molecule has 0 aromatic carbocycles. The van der Waals surface area contributed by atoms with E-state index in [0.717, 1.165) is 45.2 Å². The number of hydrazine groups is 1. The van der Waals surface area contributed by atoms with Gasteiger partial charge in [-0.1, -0.05) is 44.4 Å². The van der Waals surface area contributed by atoms with Crippen molar-refractivity contribution in [3.8, 4) is 0 Å². The first kappa shape index (κ1) is 26.7. The number of likely N-dealkylation sites (tertiary alicyclic amines) is 1. The fraction of sp³-hybridized carbons (Fsp3) is 0.750. The second-order valence-corrected chi connectivity index (χ2v) is 11.0. The molecule has 0 radical (unpaired) electrons. The number of hydrogen-bond donors (Lipinski definition) is 4. The van der Waals surface area contributed by atoms with Crippen LogP contribution in [0.2, 0.25) is 0 Å². The zero-order valence-electron chi connectivity index (χ0n) is 21.2. The van der Waals surface area contributed by atoms with Gasteiger partial charge in [0.05, 0.1) is 11.5 Å². The van der Waals surface area contributed by atoms with Gasteiger partial charge in [0.1, 0.15) is 0 Å². The highest BCUT2D eigenvalue weighted by Gasteiger charge is 2.48. The van der Waals surface area contributed by atoms with Crippen molar-refractivity contribution in [2.24, 2.45) is 11.8 Å². The normalized spacial score (nSPS) is 20.7. The van der Waals surface area contributed by atoms with E-state index in [0.29, 0.717) is 30.6 Å². The molecule has 2 amide bonds. The summed E-state index contributed by atoms with van der Waals surface area (Å²) < 4.78 is 15.5. The largest absolute Gasteiger partial charge is 0.465 e. The van der Waals surface area contributed by atoms with Gasteiger partial charge in [0.15, 0.2) is 16.8 Å². The van der Waals surface area contributed by atoms with Crippen molar-refractivity contribution in [2.45, 2.75) is 69.0 Å². The van der Waals surface area contributed by atoms with E-state index in [9.17, 15) is 9.59 Å². The van der Waals surface area contributed by atoms with Gasteiger partial charge >= 0.3 is 6.09 Å². The number of carbonyl (C=O) groups excluding carboxylic acids is 1. The fourth-order valence-corrected chi connectivity index (χ4v) is 6.18. The molecule has 2 aliphatic heterocycles. The molecule has 1 aliphatic carbocycles. The lowest BCUT2D eigenvalue weighted by atomic mass is 9.85. The minimum Gasteiger partial charge on any atom is -0.465 e. The molecule has 0 bridgehead atoms. The summed E-state index contributed by atoms with van der Waals surface area (Å²) in [6.07, 6.45) is 8.99. The molecule has 0 unspecified atom stereocenters. The number of anilines is 2. The summed E-state index contributed by atoms with van der Waals surface area (Å²) in [4.78, 5) is 37.1. The Morgan fingerprint density at radius 1 is 1.19 bits per heavy atom. The Morgan fingerprint density at radius 3 is 2.50 bits per heavy atom. The van der Waals surface area contributed by atoms with Crippen LogP contribution in [0.25, 0.3) is 0 Å². The van der Waals surface area contributed by atoms with Gasteiger partial charge in [-0.3, -0.25) is 20.5 Å². The molecule has 1 saturated carbocycles. The summed E-state index contributed by atoms with van der Waals surface area (Å²) in [6.45, 7) is 5.78. The minimum atomic E-state index is -1.17. The van der Waals surface area contributed by atoms with Crippen LogP contribution in [0.5, 0.6) is 0 Å². The molecule has 3 aliphatic rings. The van der Waals surface area contributed by atoms with Gasteiger partial charge < -0.3 is 15.3 Å². The summed E-state index contributed by atoms with van der Waals surface area (Å²) >= 11 is 1.31. The summed E-state index contributed by atoms with van der Waals surface area (Å²) in [6, 6.07) is 0. The van der Waals surface area contributed by atoms with E-state index >= 15 is 4.39 Å². The molecule has 36 heavy (non-hydrogen) atoms. The van der Waals surface area contributed by atoms with Gasteiger partial charge in [0.25, 0.3) is 0 Å². The maximum Gasteiger partial charge on any atom is 0.404 e. The zero-order chi connectivity index (χ0) is 25.7. The first-order valence-corrected chi connectivity index (χ1v) is 14.2. The average Bonchev–Trinajstić information content (AvgIpc) is 3.56. The fourth-order valence-electron chi connectivity index (χ4n) is 5.82. The van der Waals surface area contributed by atoms with Crippen LogP contribution in [0.15, 0.2) is 5.16 Å². The van der Waals surface area contributed by atoms with Crippen molar-refractivity contribution < 1.29 is 19.1 Å². The number of carboxylic acid groups (broad SMARTS) is 1. The maximum atomic E-state index is 15.5. The van der Waals surface area contributed by atoms with Gasteiger partial charge in [-0.05, 0) is 50.9 Å². The number of aromatic nitrogens is 2. The van der Waals surface area contributed by atoms with Crippen molar-refractivity contribution in [3.05, 3.63) is 5.82 Å². The van der Waals surface area contributed by atoms with Crippen LogP contribution in [0.4, 0.5) is 20.8 Å². The second kappa shape index (κ2) is 11.8. The molecule has 1 aromatic rings. The number of thioether (sulfide) groups is 1. The quantitative estimate of drug-likeness (QED) is 0.197. The van der Waals surface area contributed by atoms with E-state index in [-0.39, 0.29) is 29.6 Å².